The molecule has 0 heterocycles. The van der Waals surface area contributed by atoms with Crippen molar-refractivity contribution in [1.29, 1.82) is 0 Å². The van der Waals surface area contributed by atoms with Gasteiger partial charge in [-0.3, -0.25) is 4.79 Å². The molecule has 2 aromatic rings. The molecule has 0 saturated carbocycles. The van der Waals surface area contributed by atoms with Crippen molar-refractivity contribution in [2.75, 3.05) is 19.5 Å². The number of methoxy groups -OCH3 is 2. The molecule has 0 radical (unpaired) electrons. The van der Waals surface area contributed by atoms with Gasteiger partial charge in [-0.05, 0) is 42.8 Å². The van der Waals surface area contributed by atoms with Crippen LogP contribution < -0.4 is 14.8 Å². The Labute approximate surface area is 130 Å². The highest BCUT2D eigenvalue weighted by molar-refractivity contribution is 6.05. The zero-order valence-corrected chi connectivity index (χ0v) is 12.9. The summed E-state index contributed by atoms with van der Waals surface area (Å²) >= 11 is 0. The summed E-state index contributed by atoms with van der Waals surface area (Å²) in [5, 5.41) is 3.08. The lowest BCUT2D eigenvalue weighted by atomic mass is 10.1. The van der Waals surface area contributed by atoms with E-state index in [2.05, 4.69) is 5.32 Å². The Kier molecular flexibility index (Phi) is 5.20. The standard InChI is InChI=1S/C18H19NO3/c1-13-5-4-6-15(11-13)19-10-9-16(20)14-7-8-17(21-2)18(12-14)22-3/h4-12,19H,1-3H3. The molecule has 4 nitrogen and oxygen atoms in total. The number of allylic oxidation sites excluding steroid dienone is 1. The van der Waals surface area contributed by atoms with E-state index in [1.165, 1.54) is 6.08 Å². The summed E-state index contributed by atoms with van der Waals surface area (Å²) in [6.07, 6.45) is 3.12. The molecule has 0 saturated heterocycles. The lowest BCUT2D eigenvalue weighted by molar-refractivity contribution is 0.104. The van der Waals surface area contributed by atoms with E-state index in [1.807, 2.05) is 31.2 Å². The van der Waals surface area contributed by atoms with E-state index in [-0.39, 0.29) is 5.78 Å². The van der Waals surface area contributed by atoms with Crippen LogP contribution >= 0.6 is 0 Å². The first-order chi connectivity index (χ1) is 10.6. The van der Waals surface area contributed by atoms with E-state index < -0.39 is 0 Å². The molecule has 2 aromatic carbocycles. The Balaban J connectivity index is 2.07. The van der Waals surface area contributed by atoms with Gasteiger partial charge >= 0.3 is 0 Å². The highest BCUT2D eigenvalue weighted by atomic mass is 16.5. The van der Waals surface area contributed by atoms with Gasteiger partial charge in [-0.15, -0.1) is 0 Å². The Hall–Kier alpha value is -2.75. The van der Waals surface area contributed by atoms with Crippen LogP contribution in [0.3, 0.4) is 0 Å². The number of carbonyl (C=O) groups excluding carboxylic acids is 1. The molecule has 114 valence electrons. The molecule has 2 rings (SSSR count). The molecule has 22 heavy (non-hydrogen) atoms. The van der Waals surface area contributed by atoms with Gasteiger partial charge in [0.25, 0.3) is 0 Å². The molecular weight excluding hydrogens is 278 g/mol. The zero-order valence-electron chi connectivity index (χ0n) is 12.9. The van der Waals surface area contributed by atoms with Crippen molar-refractivity contribution in [2.45, 2.75) is 6.92 Å². The summed E-state index contributed by atoms with van der Waals surface area (Å²) in [6, 6.07) is 13.0. The lowest BCUT2D eigenvalue weighted by Crippen LogP contribution is -1.98. The minimum atomic E-state index is -0.110. The van der Waals surface area contributed by atoms with Crippen molar-refractivity contribution >= 4 is 11.5 Å². The first-order valence-corrected chi connectivity index (χ1v) is 6.90. The second-order valence-electron chi connectivity index (χ2n) is 4.78. The minimum absolute atomic E-state index is 0.110. The van der Waals surface area contributed by atoms with Gasteiger partial charge in [0, 0.05) is 23.5 Å². The molecule has 0 spiro atoms. The van der Waals surface area contributed by atoms with Gasteiger partial charge in [-0.2, -0.15) is 0 Å². The number of benzene rings is 2. The van der Waals surface area contributed by atoms with Crippen LogP contribution in [0.4, 0.5) is 5.69 Å². The fourth-order valence-electron chi connectivity index (χ4n) is 2.03. The molecule has 0 unspecified atom stereocenters. The van der Waals surface area contributed by atoms with E-state index in [1.54, 1.807) is 38.6 Å². The molecule has 1 N–H and O–H groups in total. The maximum Gasteiger partial charge on any atom is 0.187 e. The first-order valence-electron chi connectivity index (χ1n) is 6.90. The van der Waals surface area contributed by atoms with Crippen LogP contribution in [0.2, 0.25) is 0 Å². The van der Waals surface area contributed by atoms with Crippen molar-refractivity contribution in [2.24, 2.45) is 0 Å². The van der Waals surface area contributed by atoms with Gasteiger partial charge in [-0.25, -0.2) is 0 Å². The molecule has 0 bridgehead atoms. The monoisotopic (exact) mass is 297 g/mol. The van der Waals surface area contributed by atoms with E-state index >= 15 is 0 Å². The van der Waals surface area contributed by atoms with E-state index in [4.69, 9.17) is 9.47 Å². The number of hydrogen-bond donors (Lipinski definition) is 1. The maximum absolute atomic E-state index is 12.1. The molecular formula is C18H19NO3. The minimum Gasteiger partial charge on any atom is -0.493 e. The van der Waals surface area contributed by atoms with Crippen molar-refractivity contribution in [3.63, 3.8) is 0 Å². The fraction of sp³-hybridized carbons (Fsp3) is 0.167. The van der Waals surface area contributed by atoms with Crippen LogP contribution in [0.25, 0.3) is 0 Å². The molecule has 0 aromatic heterocycles. The van der Waals surface area contributed by atoms with Gasteiger partial charge in [0.2, 0.25) is 0 Å². The Bertz CT molecular complexity index is 692. The lowest BCUT2D eigenvalue weighted by Gasteiger charge is -2.08. The normalized spacial score (nSPS) is 10.5. The second-order valence-corrected chi connectivity index (χ2v) is 4.78. The second kappa shape index (κ2) is 7.31. The smallest absolute Gasteiger partial charge is 0.187 e. The summed E-state index contributed by atoms with van der Waals surface area (Å²) in [4.78, 5) is 12.1. The largest absolute Gasteiger partial charge is 0.493 e. The summed E-state index contributed by atoms with van der Waals surface area (Å²) in [6.45, 7) is 2.02. The van der Waals surface area contributed by atoms with Crippen molar-refractivity contribution in [3.8, 4) is 11.5 Å². The average Bonchev–Trinajstić information content (AvgIpc) is 2.54. The van der Waals surface area contributed by atoms with Gasteiger partial charge in [0.15, 0.2) is 17.3 Å². The maximum atomic E-state index is 12.1. The van der Waals surface area contributed by atoms with Crippen molar-refractivity contribution in [1.82, 2.24) is 0 Å². The third-order valence-electron chi connectivity index (χ3n) is 3.17. The van der Waals surface area contributed by atoms with Crippen molar-refractivity contribution < 1.29 is 14.3 Å². The number of ether oxygens (including phenoxy) is 2. The number of aryl methyl sites for hydroxylation is 1. The molecule has 0 aliphatic heterocycles. The Morgan fingerprint density at radius 1 is 1.05 bits per heavy atom. The molecule has 0 atom stereocenters. The highest BCUT2D eigenvalue weighted by Crippen LogP contribution is 2.27. The summed E-state index contributed by atoms with van der Waals surface area (Å²) in [7, 11) is 3.10. The first kappa shape index (κ1) is 15.6. The Morgan fingerprint density at radius 2 is 1.82 bits per heavy atom. The molecule has 0 fully saturated rings. The zero-order chi connectivity index (χ0) is 15.9. The van der Waals surface area contributed by atoms with E-state index in [9.17, 15) is 4.79 Å². The number of hydrogen-bond acceptors (Lipinski definition) is 4. The Morgan fingerprint density at radius 3 is 2.50 bits per heavy atom. The van der Waals surface area contributed by atoms with Crippen LogP contribution in [0.15, 0.2) is 54.7 Å². The number of anilines is 1. The average molecular weight is 297 g/mol. The van der Waals surface area contributed by atoms with Crippen LogP contribution in [0.1, 0.15) is 15.9 Å². The highest BCUT2D eigenvalue weighted by Gasteiger charge is 2.08. The van der Waals surface area contributed by atoms with Crippen LogP contribution in [-0.2, 0) is 0 Å². The van der Waals surface area contributed by atoms with E-state index in [0.717, 1.165) is 11.3 Å². The summed E-state index contributed by atoms with van der Waals surface area (Å²) in [5.74, 6) is 1.02. The molecule has 0 aliphatic carbocycles. The molecule has 0 aliphatic rings. The molecule has 4 heteroatoms. The predicted octanol–water partition coefficient (Wildman–Crippen LogP) is 3.82. The number of ketones is 1. The quantitative estimate of drug-likeness (QED) is 0.650. The third kappa shape index (κ3) is 3.88. The van der Waals surface area contributed by atoms with Crippen molar-refractivity contribution in [3.05, 3.63) is 65.9 Å². The van der Waals surface area contributed by atoms with Crippen LogP contribution in [-0.4, -0.2) is 20.0 Å². The van der Waals surface area contributed by atoms with Crippen LogP contribution in [0, 0.1) is 6.92 Å². The topological polar surface area (TPSA) is 47.6 Å². The SMILES string of the molecule is COc1ccc(C(=O)C=CNc2cccc(C)c2)cc1OC. The predicted molar refractivity (Wildman–Crippen MR) is 87.8 cm³/mol. The number of rotatable bonds is 6. The van der Waals surface area contributed by atoms with E-state index in [0.29, 0.717) is 17.1 Å². The third-order valence-corrected chi connectivity index (χ3v) is 3.17. The summed E-state index contributed by atoms with van der Waals surface area (Å²) < 4.78 is 10.4. The van der Waals surface area contributed by atoms with Gasteiger partial charge in [0.1, 0.15) is 0 Å². The van der Waals surface area contributed by atoms with Gasteiger partial charge < -0.3 is 14.8 Å². The summed E-state index contributed by atoms with van der Waals surface area (Å²) in [5.41, 5.74) is 2.64. The van der Waals surface area contributed by atoms with Gasteiger partial charge in [0.05, 0.1) is 14.2 Å². The number of nitrogens with one attached hydrogen (secondary N) is 1. The van der Waals surface area contributed by atoms with Gasteiger partial charge in [-0.1, -0.05) is 12.1 Å². The number of carbonyl (C=O) groups is 1. The van der Waals surface area contributed by atoms with Crippen LogP contribution in [0.5, 0.6) is 11.5 Å². The fourth-order valence-corrected chi connectivity index (χ4v) is 2.03. The molecule has 0 amide bonds.